The number of rotatable bonds is 9. The molecule has 0 aliphatic rings. The Balaban J connectivity index is 4.23. The van der Waals surface area contributed by atoms with Gasteiger partial charge in [-0.2, -0.15) is 0 Å². The molecule has 2 atom stereocenters. The van der Waals surface area contributed by atoms with Crippen LogP contribution in [0.5, 0.6) is 0 Å². The Hall–Kier alpha value is -1.06. The maximum Gasteiger partial charge on any atom is 0.306 e. The van der Waals surface area contributed by atoms with Gasteiger partial charge in [-0.15, -0.1) is 0 Å². The number of carbonyl (C=O) groups excluding carboxylic acids is 2. The van der Waals surface area contributed by atoms with Gasteiger partial charge in [0.2, 0.25) is 0 Å². The van der Waals surface area contributed by atoms with Crippen LogP contribution >= 0.6 is 0 Å². The molecule has 2 unspecified atom stereocenters. The van der Waals surface area contributed by atoms with Gasteiger partial charge in [0.05, 0.1) is 19.6 Å². The van der Waals surface area contributed by atoms with Gasteiger partial charge in [-0.3, -0.25) is 9.59 Å². The molecule has 0 aromatic carbocycles. The van der Waals surface area contributed by atoms with Crippen molar-refractivity contribution in [3.05, 3.63) is 0 Å². The molecule has 0 aromatic rings. The molecule has 4 nitrogen and oxygen atoms in total. The van der Waals surface area contributed by atoms with Gasteiger partial charge >= 0.3 is 11.9 Å². The summed E-state index contributed by atoms with van der Waals surface area (Å²) in [5.41, 5.74) is 0.153. The van der Waals surface area contributed by atoms with Gasteiger partial charge in [-0.05, 0) is 17.3 Å². The minimum Gasteiger partial charge on any atom is -0.465 e. The summed E-state index contributed by atoms with van der Waals surface area (Å²) in [7, 11) is 0. The molecule has 0 bridgehead atoms. The van der Waals surface area contributed by atoms with Gasteiger partial charge in [0.15, 0.2) is 0 Å². The van der Waals surface area contributed by atoms with Crippen molar-refractivity contribution in [1.82, 2.24) is 0 Å². The molecule has 0 aliphatic heterocycles. The first-order chi connectivity index (χ1) is 10.0. The van der Waals surface area contributed by atoms with Crippen molar-refractivity contribution in [3.8, 4) is 0 Å². The number of esters is 2. The van der Waals surface area contributed by atoms with E-state index in [1.54, 1.807) is 6.92 Å². The quantitative estimate of drug-likeness (QED) is 0.593. The van der Waals surface area contributed by atoms with Crippen LogP contribution in [0.15, 0.2) is 0 Å². The molecule has 130 valence electrons. The zero-order chi connectivity index (χ0) is 17.4. The summed E-state index contributed by atoms with van der Waals surface area (Å²) in [5, 5.41) is 0. The number of hydrogen-bond donors (Lipinski definition) is 0. The fourth-order valence-corrected chi connectivity index (χ4v) is 2.61. The highest BCUT2D eigenvalue weighted by atomic mass is 16.5. The zero-order valence-corrected chi connectivity index (χ0v) is 15.5. The lowest BCUT2D eigenvalue weighted by atomic mass is 9.71. The maximum atomic E-state index is 12.1. The van der Waals surface area contributed by atoms with Crippen LogP contribution in [-0.2, 0) is 19.1 Å². The SMILES string of the molecule is CCC(=O)OCC(C)COC(=O)CC(C)(CC)CC(C)(C)C. The monoisotopic (exact) mass is 314 g/mol. The highest BCUT2D eigenvalue weighted by Gasteiger charge is 2.31. The van der Waals surface area contributed by atoms with E-state index in [1.165, 1.54) is 0 Å². The second-order valence-corrected chi connectivity index (χ2v) is 7.90. The lowest BCUT2D eigenvalue weighted by Gasteiger charge is -2.34. The zero-order valence-electron chi connectivity index (χ0n) is 15.5. The van der Waals surface area contributed by atoms with Crippen molar-refractivity contribution in [1.29, 1.82) is 0 Å². The predicted octanol–water partition coefficient (Wildman–Crippen LogP) is 4.36. The second kappa shape index (κ2) is 9.16. The Morgan fingerprint density at radius 1 is 0.955 bits per heavy atom. The van der Waals surface area contributed by atoms with Gasteiger partial charge in [0.1, 0.15) is 0 Å². The Morgan fingerprint density at radius 2 is 1.45 bits per heavy atom. The number of hydrogen-bond acceptors (Lipinski definition) is 4. The lowest BCUT2D eigenvalue weighted by molar-refractivity contribution is -0.150. The van der Waals surface area contributed by atoms with Gasteiger partial charge in [0, 0.05) is 12.3 Å². The maximum absolute atomic E-state index is 12.1. The highest BCUT2D eigenvalue weighted by Crippen LogP contribution is 2.39. The Morgan fingerprint density at radius 3 is 1.86 bits per heavy atom. The summed E-state index contributed by atoms with van der Waals surface area (Å²) in [4.78, 5) is 23.2. The van der Waals surface area contributed by atoms with Crippen LogP contribution in [0.2, 0.25) is 0 Å². The Labute approximate surface area is 135 Å². The molecule has 0 saturated carbocycles. The van der Waals surface area contributed by atoms with Crippen LogP contribution in [0.25, 0.3) is 0 Å². The average Bonchev–Trinajstić information content (AvgIpc) is 2.40. The van der Waals surface area contributed by atoms with Crippen LogP contribution in [0.1, 0.15) is 74.1 Å². The summed E-state index contributed by atoms with van der Waals surface area (Å²) in [6.07, 6.45) is 2.73. The fourth-order valence-electron chi connectivity index (χ4n) is 2.61. The summed E-state index contributed by atoms with van der Waals surface area (Å²) >= 11 is 0. The molecular formula is C18H34O4. The van der Waals surface area contributed by atoms with E-state index in [1.807, 2.05) is 6.92 Å². The van der Waals surface area contributed by atoms with Gasteiger partial charge < -0.3 is 9.47 Å². The van der Waals surface area contributed by atoms with Crippen LogP contribution in [-0.4, -0.2) is 25.2 Å². The second-order valence-electron chi connectivity index (χ2n) is 7.90. The molecule has 0 rings (SSSR count). The third kappa shape index (κ3) is 9.80. The van der Waals surface area contributed by atoms with E-state index in [0.29, 0.717) is 26.1 Å². The van der Waals surface area contributed by atoms with Crippen LogP contribution in [0.3, 0.4) is 0 Å². The fraction of sp³-hybridized carbons (Fsp3) is 0.889. The number of ether oxygens (including phenoxy) is 2. The van der Waals surface area contributed by atoms with E-state index in [9.17, 15) is 9.59 Å². The molecule has 22 heavy (non-hydrogen) atoms. The standard InChI is InChI=1S/C18H34O4/c1-8-15(19)21-11-14(3)12-22-16(20)10-18(7,9-2)13-17(4,5)6/h14H,8-13H2,1-7H3. The smallest absolute Gasteiger partial charge is 0.306 e. The Kier molecular flexibility index (Phi) is 8.72. The van der Waals surface area contributed by atoms with Crippen molar-refractivity contribution in [2.45, 2.75) is 74.1 Å². The van der Waals surface area contributed by atoms with Crippen molar-refractivity contribution >= 4 is 11.9 Å². The van der Waals surface area contributed by atoms with Crippen LogP contribution in [0.4, 0.5) is 0 Å². The molecule has 0 aromatic heterocycles. The largest absolute Gasteiger partial charge is 0.465 e. The third-order valence-corrected chi connectivity index (χ3v) is 3.73. The molecule has 0 spiro atoms. The molecule has 0 N–H and O–H groups in total. The summed E-state index contributed by atoms with van der Waals surface area (Å²) < 4.78 is 10.4. The molecule has 4 heteroatoms. The molecule has 0 fully saturated rings. The first-order valence-electron chi connectivity index (χ1n) is 8.32. The molecule has 0 saturated heterocycles. The minimum atomic E-state index is -0.220. The van der Waals surface area contributed by atoms with Gasteiger partial charge in [0.25, 0.3) is 0 Å². The van der Waals surface area contributed by atoms with E-state index >= 15 is 0 Å². The predicted molar refractivity (Wildman–Crippen MR) is 88.5 cm³/mol. The average molecular weight is 314 g/mol. The molecular weight excluding hydrogens is 280 g/mol. The Bertz CT molecular complexity index is 357. The molecule has 0 aliphatic carbocycles. The summed E-state index contributed by atoms with van der Waals surface area (Å²) in [6.45, 7) is 15.1. The van der Waals surface area contributed by atoms with Gasteiger partial charge in [-0.25, -0.2) is 0 Å². The number of carbonyl (C=O) groups is 2. The van der Waals surface area contributed by atoms with E-state index < -0.39 is 0 Å². The van der Waals surface area contributed by atoms with E-state index in [4.69, 9.17) is 9.47 Å². The van der Waals surface area contributed by atoms with Crippen molar-refractivity contribution in [2.75, 3.05) is 13.2 Å². The normalized spacial score (nSPS) is 15.8. The van der Waals surface area contributed by atoms with E-state index in [-0.39, 0.29) is 28.7 Å². The van der Waals surface area contributed by atoms with Crippen molar-refractivity contribution < 1.29 is 19.1 Å². The summed E-state index contributed by atoms with van der Waals surface area (Å²) in [5.74, 6) is -0.362. The first kappa shape index (κ1) is 20.9. The minimum absolute atomic E-state index is 0.0231. The molecule has 0 heterocycles. The van der Waals surface area contributed by atoms with Crippen LogP contribution in [0, 0.1) is 16.7 Å². The van der Waals surface area contributed by atoms with Gasteiger partial charge in [-0.1, -0.05) is 54.9 Å². The van der Waals surface area contributed by atoms with Crippen molar-refractivity contribution in [2.24, 2.45) is 16.7 Å². The van der Waals surface area contributed by atoms with E-state index in [2.05, 4.69) is 34.6 Å². The lowest BCUT2D eigenvalue weighted by Crippen LogP contribution is -2.28. The third-order valence-electron chi connectivity index (χ3n) is 3.73. The van der Waals surface area contributed by atoms with Crippen LogP contribution < -0.4 is 0 Å². The highest BCUT2D eigenvalue weighted by molar-refractivity contribution is 5.70. The topological polar surface area (TPSA) is 52.6 Å². The van der Waals surface area contributed by atoms with E-state index in [0.717, 1.165) is 12.8 Å². The first-order valence-corrected chi connectivity index (χ1v) is 8.32. The molecule has 0 radical (unpaired) electrons. The summed E-state index contributed by atoms with van der Waals surface area (Å²) in [6, 6.07) is 0. The molecule has 0 amide bonds. The van der Waals surface area contributed by atoms with Crippen molar-refractivity contribution in [3.63, 3.8) is 0 Å².